The zero-order valence-corrected chi connectivity index (χ0v) is 20.8. The number of hydrogen-bond donors (Lipinski definition) is 1. The van der Waals surface area contributed by atoms with Gasteiger partial charge in [-0.3, -0.25) is 14.5 Å². The molecule has 3 aromatic rings. The average Bonchev–Trinajstić information content (AvgIpc) is 3.55. The summed E-state index contributed by atoms with van der Waals surface area (Å²) in [7, 11) is 0. The summed E-state index contributed by atoms with van der Waals surface area (Å²) < 4.78 is 7.21. The molecule has 0 radical (unpaired) electrons. The molecule has 0 unspecified atom stereocenters. The van der Waals surface area contributed by atoms with Crippen molar-refractivity contribution in [3.05, 3.63) is 51.1 Å². The average molecular weight is 479 g/mol. The lowest BCUT2D eigenvalue weighted by molar-refractivity contribution is -0.149. The highest BCUT2D eigenvalue weighted by atomic mass is 16.5. The van der Waals surface area contributed by atoms with Crippen molar-refractivity contribution in [1.82, 2.24) is 30.1 Å². The predicted octanol–water partition coefficient (Wildman–Crippen LogP) is 3.61. The summed E-state index contributed by atoms with van der Waals surface area (Å²) in [6, 6.07) is 6.00. The van der Waals surface area contributed by atoms with Crippen LogP contribution in [0, 0.1) is 19.8 Å². The first-order valence-corrected chi connectivity index (χ1v) is 12.8. The first-order chi connectivity index (χ1) is 17.0. The molecular formula is C26H34N6O3. The van der Waals surface area contributed by atoms with Gasteiger partial charge in [0, 0.05) is 24.0 Å². The van der Waals surface area contributed by atoms with E-state index in [-0.39, 0.29) is 29.5 Å². The largest absolute Gasteiger partial charge is 0.466 e. The van der Waals surface area contributed by atoms with Gasteiger partial charge in [-0.15, -0.1) is 5.10 Å². The Morgan fingerprint density at radius 3 is 2.57 bits per heavy atom. The molecule has 1 atom stereocenters. The van der Waals surface area contributed by atoms with Gasteiger partial charge in [0.1, 0.15) is 6.04 Å². The van der Waals surface area contributed by atoms with Gasteiger partial charge in [0.2, 0.25) is 0 Å². The van der Waals surface area contributed by atoms with Crippen LogP contribution >= 0.6 is 0 Å². The Hall–Kier alpha value is -3.07. The molecule has 0 bridgehead atoms. The maximum absolute atomic E-state index is 13.5. The number of aromatic nitrogens is 5. The number of pyridine rings is 1. The summed E-state index contributed by atoms with van der Waals surface area (Å²) in [6.07, 6.45) is 5.78. The molecule has 0 spiro atoms. The number of H-pyrrole nitrogens is 1. The Morgan fingerprint density at radius 1 is 1.14 bits per heavy atom. The molecule has 1 aromatic carbocycles. The second-order valence-corrected chi connectivity index (χ2v) is 9.93. The molecule has 1 saturated carbocycles. The molecule has 2 fully saturated rings. The molecule has 1 aliphatic carbocycles. The summed E-state index contributed by atoms with van der Waals surface area (Å²) in [5, 5.41) is 13.9. The molecule has 5 rings (SSSR count). The molecule has 186 valence electrons. The highest BCUT2D eigenvalue weighted by molar-refractivity contribution is 5.85. The number of nitrogens with zero attached hydrogens (tertiary/aromatic N) is 5. The van der Waals surface area contributed by atoms with Gasteiger partial charge in [-0.05, 0) is 74.1 Å². The summed E-state index contributed by atoms with van der Waals surface area (Å²) >= 11 is 0. The number of tetrazole rings is 1. The van der Waals surface area contributed by atoms with Crippen molar-refractivity contribution in [2.24, 2.45) is 5.92 Å². The normalized spacial score (nSPS) is 18.8. The molecule has 1 aliphatic heterocycles. The van der Waals surface area contributed by atoms with Crippen molar-refractivity contribution in [3.8, 4) is 0 Å². The number of carbonyl (C=O) groups excluding carboxylic acids is 1. The molecule has 0 amide bonds. The van der Waals surface area contributed by atoms with E-state index in [9.17, 15) is 9.59 Å². The van der Waals surface area contributed by atoms with Crippen LogP contribution in [0.15, 0.2) is 23.0 Å². The number of likely N-dealkylation sites (tertiary alicyclic amines) is 1. The SMILES string of the molecule is CCOC(=O)C1CCN([C@H](c2cc3c(C)ccc(C)c3[nH]c2=O)c2nnnn2C2CCCC2)CC1. The molecular weight excluding hydrogens is 444 g/mol. The van der Waals surface area contributed by atoms with Crippen LogP contribution in [0.25, 0.3) is 10.9 Å². The van der Waals surface area contributed by atoms with E-state index in [1.165, 1.54) is 0 Å². The number of rotatable bonds is 6. The van der Waals surface area contributed by atoms with Crippen molar-refractivity contribution in [2.45, 2.75) is 71.4 Å². The van der Waals surface area contributed by atoms with E-state index >= 15 is 0 Å². The van der Waals surface area contributed by atoms with E-state index in [0.29, 0.717) is 43.9 Å². The molecule has 9 heteroatoms. The third kappa shape index (κ3) is 4.49. The number of carbonyl (C=O) groups is 1. The third-order valence-corrected chi connectivity index (χ3v) is 7.72. The number of ether oxygens (including phenoxy) is 1. The summed E-state index contributed by atoms with van der Waals surface area (Å²) in [4.78, 5) is 31.3. The summed E-state index contributed by atoms with van der Waals surface area (Å²) in [6.45, 7) is 7.62. The fourth-order valence-electron chi connectivity index (χ4n) is 5.74. The number of aromatic amines is 1. The van der Waals surface area contributed by atoms with Crippen LogP contribution in [0.2, 0.25) is 0 Å². The first-order valence-electron chi connectivity index (χ1n) is 12.8. The highest BCUT2D eigenvalue weighted by Gasteiger charge is 2.36. The highest BCUT2D eigenvalue weighted by Crippen LogP contribution is 2.36. The van der Waals surface area contributed by atoms with Gasteiger partial charge < -0.3 is 9.72 Å². The third-order valence-electron chi connectivity index (χ3n) is 7.72. The van der Waals surface area contributed by atoms with Gasteiger partial charge in [-0.1, -0.05) is 25.0 Å². The van der Waals surface area contributed by atoms with Crippen molar-refractivity contribution in [1.29, 1.82) is 0 Å². The lowest BCUT2D eigenvalue weighted by Gasteiger charge is -2.36. The number of fused-ring (bicyclic) bond motifs is 1. The first kappa shape index (κ1) is 23.7. The number of nitrogens with one attached hydrogen (secondary N) is 1. The Morgan fingerprint density at radius 2 is 1.86 bits per heavy atom. The summed E-state index contributed by atoms with van der Waals surface area (Å²) in [5.41, 5.74) is 3.54. The van der Waals surface area contributed by atoms with Crippen molar-refractivity contribution >= 4 is 16.9 Å². The van der Waals surface area contributed by atoms with Crippen LogP contribution in [0.5, 0.6) is 0 Å². The molecule has 1 saturated heterocycles. The Kier molecular flexibility index (Phi) is 6.69. The zero-order valence-electron chi connectivity index (χ0n) is 20.8. The van der Waals surface area contributed by atoms with Crippen LogP contribution in [-0.4, -0.2) is 55.8 Å². The molecule has 2 aliphatic rings. The predicted molar refractivity (Wildman–Crippen MR) is 132 cm³/mol. The van der Waals surface area contributed by atoms with Crippen LogP contribution in [0.4, 0.5) is 0 Å². The fraction of sp³-hybridized carbons (Fsp3) is 0.577. The van der Waals surface area contributed by atoms with Gasteiger partial charge >= 0.3 is 5.97 Å². The molecule has 3 heterocycles. The molecule has 2 aromatic heterocycles. The molecule has 9 nitrogen and oxygen atoms in total. The second-order valence-electron chi connectivity index (χ2n) is 9.93. The standard InChI is InChI=1S/C26H34N6O3/c1-4-35-26(34)18-11-13-31(14-12-18)23(24-28-29-30-32(24)19-7-5-6-8-19)21-15-20-16(2)9-10-17(3)22(20)27-25(21)33/h9-10,15,18-19,23H,4-8,11-14H2,1-3H3,(H,27,33)/t23-/m1/s1. The monoisotopic (exact) mass is 478 g/mol. The smallest absolute Gasteiger partial charge is 0.309 e. The topological polar surface area (TPSA) is 106 Å². The van der Waals surface area contributed by atoms with Crippen LogP contribution in [0.3, 0.4) is 0 Å². The van der Waals surface area contributed by atoms with Gasteiger partial charge in [0.15, 0.2) is 5.82 Å². The van der Waals surface area contributed by atoms with E-state index in [0.717, 1.165) is 47.7 Å². The Labute approximate surface area is 204 Å². The number of piperidine rings is 1. The van der Waals surface area contributed by atoms with Crippen LogP contribution in [0.1, 0.15) is 80.0 Å². The van der Waals surface area contributed by atoms with E-state index in [1.807, 2.05) is 30.7 Å². The number of esters is 1. The van der Waals surface area contributed by atoms with E-state index in [4.69, 9.17) is 4.74 Å². The van der Waals surface area contributed by atoms with E-state index < -0.39 is 0 Å². The quantitative estimate of drug-likeness (QED) is 0.540. The van der Waals surface area contributed by atoms with Crippen molar-refractivity contribution < 1.29 is 9.53 Å². The Balaban J connectivity index is 1.58. The number of aryl methyl sites for hydroxylation is 2. The van der Waals surface area contributed by atoms with Crippen molar-refractivity contribution in [3.63, 3.8) is 0 Å². The minimum Gasteiger partial charge on any atom is -0.466 e. The zero-order chi connectivity index (χ0) is 24.5. The van der Waals surface area contributed by atoms with Crippen LogP contribution < -0.4 is 5.56 Å². The lowest BCUT2D eigenvalue weighted by Crippen LogP contribution is -2.42. The maximum atomic E-state index is 13.5. The van der Waals surface area contributed by atoms with Gasteiger partial charge in [-0.2, -0.15) is 0 Å². The van der Waals surface area contributed by atoms with Gasteiger partial charge in [0.05, 0.1) is 24.1 Å². The van der Waals surface area contributed by atoms with E-state index in [2.05, 4.69) is 38.4 Å². The second kappa shape index (κ2) is 9.89. The van der Waals surface area contributed by atoms with E-state index in [1.54, 1.807) is 0 Å². The van der Waals surface area contributed by atoms with Crippen LogP contribution in [-0.2, 0) is 9.53 Å². The summed E-state index contributed by atoms with van der Waals surface area (Å²) in [5.74, 6) is 0.466. The Bertz CT molecular complexity index is 1270. The maximum Gasteiger partial charge on any atom is 0.309 e. The minimum atomic E-state index is -0.387. The lowest BCUT2D eigenvalue weighted by atomic mass is 9.93. The minimum absolute atomic E-state index is 0.113. The van der Waals surface area contributed by atoms with Gasteiger partial charge in [-0.25, -0.2) is 4.68 Å². The van der Waals surface area contributed by atoms with Gasteiger partial charge in [0.25, 0.3) is 5.56 Å². The molecule has 35 heavy (non-hydrogen) atoms. The number of hydrogen-bond acceptors (Lipinski definition) is 7. The fourth-order valence-corrected chi connectivity index (χ4v) is 5.74. The molecule has 1 N–H and O–H groups in total. The van der Waals surface area contributed by atoms with Crippen molar-refractivity contribution in [2.75, 3.05) is 19.7 Å². The number of benzene rings is 1.